The average molecular weight is 240 g/mol. The number of imidazole rings is 1. The van der Waals surface area contributed by atoms with Crippen LogP contribution in [-0.4, -0.2) is 15.7 Å². The van der Waals surface area contributed by atoms with Crippen molar-refractivity contribution in [1.29, 1.82) is 0 Å². The van der Waals surface area contributed by atoms with Crippen LogP contribution in [0.15, 0.2) is 22.8 Å². The Labute approximate surface area is 82.5 Å². The number of hydrogen-bond acceptors (Lipinski definition) is 3. The first kappa shape index (κ1) is 8.25. The minimum atomic E-state index is 0.258. The fourth-order valence-corrected chi connectivity index (χ4v) is 1.51. The molecule has 0 radical (unpaired) electrons. The number of carbonyl (C=O) groups excluding carboxylic acids is 1. The molecule has 4 nitrogen and oxygen atoms in total. The summed E-state index contributed by atoms with van der Waals surface area (Å²) < 4.78 is 2.52. The van der Waals surface area contributed by atoms with Crippen LogP contribution >= 0.6 is 15.9 Å². The fraction of sp³-hybridized carbons (Fsp3) is 0. The molecule has 0 saturated carbocycles. The van der Waals surface area contributed by atoms with E-state index in [0.29, 0.717) is 17.6 Å². The van der Waals surface area contributed by atoms with Gasteiger partial charge in [-0.2, -0.15) is 0 Å². The third-order valence-corrected chi connectivity index (χ3v) is 2.23. The van der Waals surface area contributed by atoms with Gasteiger partial charge < -0.3 is 5.73 Å². The Morgan fingerprint density at radius 1 is 1.54 bits per heavy atom. The lowest BCUT2D eigenvalue weighted by atomic mass is 10.4. The van der Waals surface area contributed by atoms with Crippen molar-refractivity contribution in [2.45, 2.75) is 0 Å². The largest absolute Gasteiger partial charge is 0.382 e. The summed E-state index contributed by atoms with van der Waals surface area (Å²) >= 11 is 3.30. The van der Waals surface area contributed by atoms with Gasteiger partial charge in [-0.15, -0.1) is 0 Å². The van der Waals surface area contributed by atoms with Gasteiger partial charge in [0.2, 0.25) is 0 Å². The van der Waals surface area contributed by atoms with E-state index in [4.69, 9.17) is 5.73 Å². The molecule has 0 atom stereocenters. The summed E-state index contributed by atoms with van der Waals surface area (Å²) in [6, 6.07) is 3.63. The number of fused-ring (bicyclic) bond motifs is 1. The van der Waals surface area contributed by atoms with Gasteiger partial charge in [-0.05, 0) is 28.1 Å². The van der Waals surface area contributed by atoms with Gasteiger partial charge in [0.15, 0.2) is 12.1 Å². The first-order valence-corrected chi connectivity index (χ1v) is 4.40. The van der Waals surface area contributed by atoms with Gasteiger partial charge in [0.05, 0.1) is 0 Å². The van der Waals surface area contributed by atoms with Crippen molar-refractivity contribution in [2.75, 3.05) is 5.73 Å². The summed E-state index contributed by atoms with van der Waals surface area (Å²) in [4.78, 5) is 14.7. The van der Waals surface area contributed by atoms with Crippen molar-refractivity contribution in [3.05, 3.63) is 28.5 Å². The predicted molar refractivity (Wildman–Crippen MR) is 52.7 cm³/mol. The number of pyridine rings is 1. The van der Waals surface area contributed by atoms with Crippen LogP contribution in [-0.2, 0) is 0 Å². The van der Waals surface area contributed by atoms with Gasteiger partial charge in [0.25, 0.3) is 0 Å². The van der Waals surface area contributed by atoms with E-state index in [1.54, 1.807) is 16.7 Å². The molecule has 0 aromatic carbocycles. The van der Waals surface area contributed by atoms with Crippen LogP contribution in [0.25, 0.3) is 5.65 Å². The number of carbonyl (C=O) groups is 1. The number of nitrogens with two attached hydrogens (primary N) is 1. The molecule has 0 aliphatic heterocycles. The van der Waals surface area contributed by atoms with Crippen LogP contribution in [0.2, 0.25) is 0 Å². The third kappa shape index (κ3) is 1.21. The lowest BCUT2D eigenvalue weighted by Gasteiger charge is -1.95. The Bertz CT molecular complexity index is 477. The number of hydrogen-bond donors (Lipinski definition) is 1. The second kappa shape index (κ2) is 2.85. The maximum absolute atomic E-state index is 10.7. The van der Waals surface area contributed by atoms with E-state index in [0.717, 1.165) is 4.47 Å². The van der Waals surface area contributed by atoms with Crippen LogP contribution < -0.4 is 5.73 Å². The van der Waals surface area contributed by atoms with Crippen molar-refractivity contribution in [2.24, 2.45) is 0 Å². The summed E-state index contributed by atoms with van der Waals surface area (Å²) in [5, 5.41) is 0. The molecule has 0 spiro atoms. The first-order valence-electron chi connectivity index (χ1n) is 3.60. The van der Waals surface area contributed by atoms with Crippen molar-refractivity contribution in [1.82, 2.24) is 9.38 Å². The van der Waals surface area contributed by atoms with E-state index in [-0.39, 0.29) is 5.82 Å². The molecule has 0 fully saturated rings. The average Bonchev–Trinajstić information content (AvgIpc) is 2.40. The Balaban J connectivity index is 2.88. The summed E-state index contributed by atoms with van der Waals surface area (Å²) in [5.74, 6) is 0.258. The molecule has 2 N–H and O–H groups in total. The highest BCUT2D eigenvalue weighted by atomic mass is 79.9. The maximum atomic E-state index is 10.7. The van der Waals surface area contributed by atoms with Gasteiger partial charge in [0.1, 0.15) is 11.3 Å². The summed E-state index contributed by atoms with van der Waals surface area (Å²) in [6.07, 6.45) is 2.45. The van der Waals surface area contributed by atoms with Crippen LogP contribution in [0.1, 0.15) is 10.5 Å². The molecule has 2 heterocycles. The van der Waals surface area contributed by atoms with E-state index >= 15 is 0 Å². The monoisotopic (exact) mass is 239 g/mol. The predicted octanol–water partition coefficient (Wildman–Crippen LogP) is 1.49. The van der Waals surface area contributed by atoms with Crippen LogP contribution in [0.4, 0.5) is 5.82 Å². The normalized spacial score (nSPS) is 10.5. The highest BCUT2D eigenvalue weighted by Crippen LogP contribution is 2.16. The molecule has 0 bridgehead atoms. The molecular formula is C8H6BrN3O. The molecule has 13 heavy (non-hydrogen) atoms. The van der Waals surface area contributed by atoms with Gasteiger partial charge in [-0.1, -0.05) is 0 Å². The lowest BCUT2D eigenvalue weighted by Crippen LogP contribution is -1.94. The topological polar surface area (TPSA) is 60.4 Å². The number of aldehydes is 1. The molecule has 0 unspecified atom stereocenters. The van der Waals surface area contributed by atoms with Crippen molar-refractivity contribution >= 4 is 33.7 Å². The molecule has 2 aromatic heterocycles. The molecule has 2 aromatic rings. The zero-order chi connectivity index (χ0) is 9.42. The molecule has 0 saturated heterocycles. The van der Waals surface area contributed by atoms with E-state index in [2.05, 4.69) is 20.9 Å². The first-order chi connectivity index (χ1) is 6.22. The van der Waals surface area contributed by atoms with E-state index in [1.807, 2.05) is 6.07 Å². The molecule has 0 aliphatic rings. The molecule has 5 heteroatoms. The van der Waals surface area contributed by atoms with E-state index in [9.17, 15) is 4.79 Å². The minimum absolute atomic E-state index is 0.258. The molecule has 0 aliphatic carbocycles. The van der Waals surface area contributed by atoms with E-state index < -0.39 is 0 Å². The molecular weight excluding hydrogens is 234 g/mol. The van der Waals surface area contributed by atoms with Crippen LogP contribution in [0.5, 0.6) is 0 Å². The van der Waals surface area contributed by atoms with Crippen LogP contribution in [0.3, 0.4) is 0 Å². The van der Waals surface area contributed by atoms with Gasteiger partial charge in [0, 0.05) is 10.7 Å². The Kier molecular flexibility index (Phi) is 1.81. The zero-order valence-corrected chi connectivity index (χ0v) is 8.15. The second-order valence-corrected chi connectivity index (χ2v) is 3.49. The number of halogens is 1. The second-order valence-electron chi connectivity index (χ2n) is 2.58. The Morgan fingerprint density at radius 3 is 3.00 bits per heavy atom. The quantitative estimate of drug-likeness (QED) is 0.768. The summed E-state index contributed by atoms with van der Waals surface area (Å²) in [7, 11) is 0. The Morgan fingerprint density at radius 2 is 2.31 bits per heavy atom. The van der Waals surface area contributed by atoms with Crippen molar-refractivity contribution < 1.29 is 4.79 Å². The number of rotatable bonds is 1. The minimum Gasteiger partial charge on any atom is -0.382 e. The standard InChI is InChI=1S/C8H6BrN3O/c9-5-1-2-7-11-8(10)6(4-13)12(7)3-5/h1-4H,10H2. The Hall–Kier alpha value is -1.36. The summed E-state index contributed by atoms with van der Waals surface area (Å²) in [6.45, 7) is 0. The van der Waals surface area contributed by atoms with Crippen molar-refractivity contribution in [3.63, 3.8) is 0 Å². The van der Waals surface area contributed by atoms with Crippen molar-refractivity contribution in [3.8, 4) is 0 Å². The molecule has 0 amide bonds. The highest BCUT2D eigenvalue weighted by molar-refractivity contribution is 9.10. The number of anilines is 1. The third-order valence-electron chi connectivity index (χ3n) is 1.76. The molecule has 2 rings (SSSR count). The lowest BCUT2D eigenvalue weighted by molar-refractivity contribution is 0.111. The number of nitrogens with zero attached hydrogens (tertiary/aromatic N) is 2. The SMILES string of the molecule is Nc1nc2ccc(Br)cn2c1C=O. The maximum Gasteiger partial charge on any atom is 0.170 e. The van der Waals surface area contributed by atoms with Gasteiger partial charge in [-0.25, -0.2) is 4.98 Å². The number of nitrogen functional groups attached to an aromatic ring is 1. The van der Waals surface area contributed by atoms with Gasteiger partial charge >= 0.3 is 0 Å². The summed E-state index contributed by atoms with van der Waals surface area (Å²) in [5.41, 5.74) is 6.59. The highest BCUT2D eigenvalue weighted by Gasteiger charge is 2.07. The smallest absolute Gasteiger partial charge is 0.170 e. The molecule has 66 valence electrons. The zero-order valence-electron chi connectivity index (χ0n) is 6.57. The van der Waals surface area contributed by atoms with Gasteiger partial charge in [-0.3, -0.25) is 9.20 Å². The van der Waals surface area contributed by atoms with E-state index in [1.165, 1.54) is 0 Å². The number of aromatic nitrogens is 2. The van der Waals surface area contributed by atoms with Crippen LogP contribution in [0, 0.1) is 0 Å². The fourth-order valence-electron chi connectivity index (χ4n) is 1.17.